The van der Waals surface area contributed by atoms with Gasteiger partial charge in [-0.3, -0.25) is 9.59 Å². The van der Waals surface area contributed by atoms with Crippen molar-refractivity contribution in [3.63, 3.8) is 0 Å². The molecule has 0 heterocycles. The molecule has 36 heavy (non-hydrogen) atoms. The first kappa shape index (κ1) is 29.3. The van der Waals surface area contributed by atoms with Gasteiger partial charge in [0.05, 0.1) is 6.07 Å². The zero-order chi connectivity index (χ0) is 26.7. The Morgan fingerprint density at radius 1 is 1.22 bits per heavy atom. The van der Waals surface area contributed by atoms with Gasteiger partial charge in [-0.2, -0.15) is 17.0 Å². The largest absolute Gasteiger partial charge is 0.508 e. The first-order valence-electron chi connectivity index (χ1n) is 12.3. The van der Waals surface area contributed by atoms with Crippen LogP contribution in [0.2, 0.25) is 0 Å². The van der Waals surface area contributed by atoms with E-state index < -0.39 is 42.1 Å². The molecular weight excluding hydrogens is 480 g/mol. The van der Waals surface area contributed by atoms with Crippen LogP contribution in [0.25, 0.3) is 0 Å². The summed E-state index contributed by atoms with van der Waals surface area (Å²) in [6.45, 7) is 4.76. The average molecular weight is 519 g/mol. The van der Waals surface area contributed by atoms with Crippen LogP contribution in [0.5, 0.6) is 5.75 Å². The fourth-order valence-electron chi connectivity index (χ4n) is 4.21. The van der Waals surface area contributed by atoms with E-state index in [1.807, 2.05) is 12.3 Å². The van der Waals surface area contributed by atoms with Gasteiger partial charge in [0, 0.05) is 11.6 Å². The highest BCUT2D eigenvalue weighted by Crippen LogP contribution is 2.30. The number of carbonyl (C=O) groups excluding carboxylic acids is 3. The molecule has 0 radical (unpaired) electrons. The Hall–Kier alpha value is -2.93. The van der Waals surface area contributed by atoms with Gasteiger partial charge >= 0.3 is 6.09 Å². The first-order valence-corrected chi connectivity index (χ1v) is 13.7. The predicted octanol–water partition coefficient (Wildman–Crippen LogP) is 3.88. The summed E-state index contributed by atoms with van der Waals surface area (Å²) in [5, 5.41) is 25.8. The molecule has 0 bridgehead atoms. The normalized spacial score (nSPS) is 15.8. The van der Waals surface area contributed by atoms with Crippen LogP contribution in [0.3, 0.4) is 0 Å². The van der Waals surface area contributed by atoms with Gasteiger partial charge in [0.2, 0.25) is 11.8 Å². The summed E-state index contributed by atoms with van der Waals surface area (Å²) in [6.07, 6.45) is 6.19. The van der Waals surface area contributed by atoms with E-state index in [1.54, 1.807) is 39.0 Å². The fourth-order valence-corrected chi connectivity index (χ4v) is 4.68. The molecule has 1 aromatic rings. The van der Waals surface area contributed by atoms with Gasteiger partial charge in [0.15, 0.2) is 0 Å². The lowest BCUT2D eigenvalue weighted by Crippen LogP contribution is -2.54. The smallest absolute Gasteiger partial charge is 0.408 e. The van der Waals surface area contributed by atoms with Gasteiger partial charge in [-0.1, -0.05) is 37.5 Å². The van der Waals surface area contributed by atoms with Gasteiger partial charge in [-0.15, -0.1) is 0 Å². The number of hydrogen-bond acceptors (Lipinski definition) is 7. The van der Waals surface area contributed by atoms with Gasteiger partial charge in [0.1, 0.15) is 30.0 Å². The maximum Gasteiger partial charge on any atom is 0.408 e. The number of nitrogens with zero attached hydrogens (tertiary/aromatic N) is 2. The lowest BCUT2D eigenvalue weighted by Gasteiger charge is -2.34. The lowest BCUT2D eigenvalue weighted by molar-refractivity contribution is -0.142. The molecule has 2 unspecified atom stereocenters. The second kappa shape index (κ2) is 14.0. The second-order valence-corrected chi connectivity index (χ2v) is 10.9. The van der Waals surface area contributed by atoms with E-state index in [9.17, 15) is 24.8 Å². The Morgan fingerprint density at radius 2 is 1.89 bits per heavy atom. The molecule has 0 aromatic heterocycles. The molecule has 198 valence electrons. The van der Waals surface area contributed by atoms with Crippen molar-refractivity contribution in [3.05, 3.63) is 29.8 Å². The van der Waals surface area contributed by atoms with Crippen molar-refractivity contribution in [2.45, 2.75) is 83.0 Å². The van der Waals surface area contributed by atoms with Crippen molar-refractivity contribution >= 4 is 29.7 Å². The van der Waals surface area contributed by atoms with Crippen molar-refractivity contribution < 1.29 is 24.2 Å². The molecule has 0 spiro atoms. The number of alkyl carbamates (subject to hydrolysis) is 1. The minimum absolute atomic E-state index is 0.0363. The topological polar surface area (TPSA) is 132 Å². The quantitative estimate of drug-likeness (QED) is 0.401. The van der Waals surface area contributed by atoms with E-state index in [-0.39, 0.29) is 23.8 Å². The average Bonchev–Trinajstić information content (AvgIpc) is 2.81. The summed E-state index contributed by atoms with van der Waals surface area (Å²) in [4.78, 5) is 41.0. The second-order valence-electron chi connectivity index (χ2n) is 9.91. The third-order valence-corrected chi connectivity index (χ3v) is 6.51. The van der Waals surface area contributed by atoms with Crippen molar-refractivity contribution in [1.82, 2.24) is 15.5 Å². The highest BCUT2D eigenvalue weighted by Gasteiger charge is 2.38. The van der Waals surface area contributed by atoms with E-state index in [0.29, 0.717) is 5.75 Å². The van der Waals surface area contributed by atoms with Gasteiger partial charge in [0.25, 0.3) is 0 Å². The van der Waals surface area contributed by atoms with Crippen LogP contribution < -0.4 is 10.6 Å². The Morgan fingerprint density at radius 3 is 2.47 bits per heavy atom. The first-order chi connectivity index (χ1) is 17.1. The van der Waals surface area contributed by atoms with Crippen LogP contribution in [0, 0.1) is 11.3 Å². The van der Waals surface area contributed by atoms with E-state index in [0.717, 1.165) is 37.0 Å². The summed E-state index contributed by atoms with van der Waals surface area (Å²) in [6, 6.07) is 5.97. The number of rotatable bonds is 10. The van der Waals surface area contributed by atoms with E-state index >= 15 is 0 Å². The molecule has 1 aliphatic carbocycles. The van der Waals surface area contributed by atoms with Crippen LogP contribution >= 0.6 is 11.8 Å². The van der Waals surface area contributed by atoms with Crippen LogP contribution in [0.1, 0.15) is 70.9 Å². The zero-order valence-electron chi connectivity index (χ0n) is 21.6. The molecule has 1 saturated carbocycles. The number of benzene rings is 1. The Bertz CT molecular complexity index is 937. The highest BCUT2D eigenvalue weighted by molar-refractivity contribution is 7.98. The maximum absolute atomic E-state index is 13.8. The Balaban J connectivity index is 2.41. The van der Waals surface area contributed by atoms with Gasteiger partial charge in [-0.25, -0.2) is 4.79 Å². The number of para-hydroxylation sites is 1. The maximum atomic E-state index is 13.8. The number of thioether (sulfide) groups is 1. The van der Waals surface area contributed by atoms with E-state index in [4.69, 9.17) is 4.74 Å². The summed E-state index contributed by atoms with van der Waals surface area (Å²) in [7, 11) is 0. The number of nitrogens with one attached hydrogen (secondary N) is 2. The summed E-state index contributed by atoms with van der Waals surface area (Å²) < 4.78 is 5.34. The van der Waals surface area contributed by atoms with Crippen LogP contribution in [-0.4, -0.2) is 64.2 Å². The molecule has 3 N–H and O–H groups in total. The molecule has 2 atom stereocenters. The third kappa shape index (κ3) is 8.94. The third-order valence-electron chi connectivity index (χ3n) is 5.87. The zero-order valence-corrected chi connectivity index (χ0v) is 22.4. The lowest BCUT2D eigenvalue weighted by atomic mass is 9.94. The van der Waals surface area contributed by atoms with E-state index in [1.165, 1.54) is 17.8 Å². The number of phenols is 1. The number of ether oxygens (including phenoxy) is 1. The molecule has 9 nitrogen and oxygen atoms in total. The Kier molecular flexibility index (Phi) is 11.4. The molecule has 3 amide bonds. The van der Waals surface area contributed by atoms with Crippen molar-refractivity contribution in [3.8, 4) is 11.8 Å². The summed E-state index contributed by atoms with van der Waals surface area (Å²) in [5.74, 6) is -0.656. The number of aromatic hydroxyl groups is 1. The van der Waals surface area contributed by atoms with Crippen molar-refractivity contribution in [1.29, 1.82) is 5.26 Å². The molecule has 1 aromatic carbocycles. The molecule has 0 aliphatic heterocycles. The molecular formula is C26H38N4O5S. The standard InChI is InChI=1S/C26H38N4O5S/c1-26(2,3)35-25(34)29-20(14-17-36-4)24(33)30(16-15-27)22(19-12-8-9-13-21(19)31)23(32)28-18-10-6-5-7-11-18/h8-9,12-13,18,20,22,31H,5-7,10-11,14,16-17H2,1-4H3,(H,28,32)(H,29,34). The SMILES string of the molecule is CSCCC(NC(=O)OC(C)(C)C)C(=O)N(CC#N)C(C(=O)NC1CCCCC1)c1ccccc1O. The minimum Gasteiger partial charge on any atom is -0.508 e. The van der Waals surface area contributed by atoms with Crippen molar-refractivity contribution in [2.24, 2.45) is 0 Å². The minimum atomic E-state index is -1.24. The molecule has 1 aliphatic rings. The Labute approximate surface area is 217 Å². The number of amides is 3. The van der Waals surface area contributed by atoms with Crippen LogP contribution in [0.15, 0.2) is 24.3 Å². The number of hydrogen-bond donors (Lipinski definition) is 3. The number of phenolic OH excluding ortho intramolecular Hbond substituents is 1. The van der Waals surface area contributed by atoms with Crippen molar-refractivity contribution in [2.75, 3.05) is 18.6 Å². The number of nitriles is 1. The fraction of sp³-hybridized carbons (Fsp3) is 0.615. The number of carbonyl (C=O) groups is 3. The van der Waals surface area contributed by atoms with Gasteiger partial charge < -0.3 is 25.4 Å². The highest BCUT2D eigenvalue weighted by atomic mass is 32.2. The molecule has 10 heteroatoms. The molecule has 0 saturated heterocycles. The van der Waals surface area contributed by atoms with Gasteiger partial charge in [-0.05, 0) is 58.1 Å². The molecule has 2 rings (SSSR count). The predicted molar refractivity (Wildman–Crippen MR) is 139 cm³/mol. The molecule has 1 fully saturated rings. The summed E-state index contributed by atoms with van der Waals surface area (Å²) >= 11 is 1.50. The summed E-state index contributed by atoms with van der Waals surface area (Å²) in [5.41, 5.74) is -0.544. The monoisotopic (exact) mass is 518 g/mol. The van der Waals surface area contributed by atoms with E-state index in [2.05, 4.69) is 10.6 Å². The van der Waals surface area contributed by atoms with Crippen LogP contribution in [0.4, 0.5) is 4.79 Å². The van der Waals surface area contributed by atoms with Crippen LogP contribution in [-0.2, 0) is 14.3 Å².